The minimum atomic E-state index is -1.92. The van der Waals surface area contributed by atoms with Crippen molar-refractivity contribution in [2.75, 3.05) is 14.2 Å². The first-order chi connectivity index (χ1) is 13.0. The quantitative estimate of drug-likeness (QED) is 0.538. The van der Waals surface area contributed by atoms with Gasteiger partial charge in [-0.3, -0.25) is 9.69 Å². The molecule has 0 radical (unpaired) electrons. The van der Waals surface area contributed by atoms with Crippen molar-refractivity contribution in [2.45, 2.75) is 82.8 Å². The number of hydrogen-bond acceptors (Lipinski definition) is 4. The van der Waals surface area contributed by atoms with E-state index in [0.29, 0.717) is 6.04 Å². The highest BCUT2D eigenvalue weighted by atomic mass is 28.4. The van der Waals surface area contributed by atoms with E-state index in [4.69, 9.17) is 9.16 Å². The van der Waals surface area contributed by atoms with Crippen LogP contribution in [0.2, 0.25) is 18.1 Å². The lowest BCUT2D eigenvalue weighted by molar-refractivity contribution is -0.151. The average Bonchev–Trinajstić information content (AvgIpc) is 2.79. The molecule has 156 valence electrons. The average molecular weight is 404 g/mol. The monoisotopic (exact) mass is 403 g/mol. The van der Waals surface area contributed by atoms with E-state index in [2.05, 4.69) is 77.0 Å². The van der Waals surface area contributed by atoms with Gasteiger partial charge >= 0.3 is 5.97 Å². The van der Waals surface area contributed by atoms with Gasteiger partial charge in [0.1, 0.15) is 0 Å². The van der Waals surface area contributed by atoms with Crippen LogP contribution in [-0.2, 0) is 14.0 Å². The summed E-state index contributed by atoms with van der Waals surface area (Å²) < 4.78 is 12.2. The number of fused-ring (bicyclic) bond motifs is 2. The first kappa shape index (κ1) is 21.5. The maximum Gasteiger partial charge on any atom is 0.310 e. The molecular formula is C23H37NO3Si. The van der Waals surface area contributed by atoms with Gasteiger partial charge in [0.15, 0.2) is 8.32 Å². The van der Waals surface area contributed by atoms with E-state index < -0.39 is 8.32 Å². The Morgan fingerprint density at radius 2 is 1.75 bits per heavy atom. The van der Waals surface area contributed by atoms with E-state index in [0.717, 1.165) is 12.8 Å². The Balaban J connectivity index is 1.95. The number of piperidine rings is 1. The SMILES string of the molecule is COC(=O)[C@@H]1[C@H]2[C@@H](O[Si](C)(C)C(C)(C)C)C[C@@H](C[C@H]1c1ccc(C)cc1)N2C. The van der Waals surface area contributed by atoms with Crippen LogP contribution in [0.5, 0.6) is 0 Å². The Hall–Kier alpha value is -1.17. The molecule has 2 aliphatic heterocycles. The van der Waals surface area contributed by atoms with Gasteiger partial charge in [-0.1, -0.05) is 50.6 Å². The molecule has 0 aromatic heterocycles. The molecule has 28 heavy (non-hydrogen) atoms. The van der Waals surface area contributed by atoms with Gasteiger partial charge in [0.25, 0.3) is 0 Å². The fraction of sp³-hybridized carbons (Fsp3) is 0.696. The molecule has 0 aliphatic carbocycles. The van der Waals surface area contributed by atoms with Gasteiger partial charge in [-0.05, 0) is 50.5 Å². The van der Waals surface area contributed by atoms with Crippen molar-refractivity contribution in [1.29, 1.82) is 0 Å². The molecule has 2 aliphatic rings. The van der Waals surface area contributed by atoms with Gasteiger partial charge in [-0.25, -0.2) is 0 Å². The highest BCUT2D eigenvalue weighted by molar-refractivity contribution is 6.74. The molecule has 2 saturated heterocycles. The number of rotatable bonds is 4. The van der Waals surface area contributed by atoms with E-state index in [1.165, 1.54) is 18.2 Å². The van der Waals surface area contributed by atoms with Crippen molar-refractivity contribution in [1.82, 2.24) is 4.90 Å². The molecular weight excluding hydrogens is 366 g/mol. The fourth-order valence-electron chi connectivity index (χ4n) is 4.77. The second-order valence-corrected chi connectivity index (χ2v) is 15.0. The van der Waals surface area contributed by atoms with Crippen LogP contribution in [-0.4, -0.2) is 51.5 Å². The lowest BCUT2D eigenvalue weighted by Gasteiger charge is -2.44. The molecule has 2 heterocycles. The van der Waals surface area contributed by atoms with Gasteiger partial charge < -0.3 is 9.16 Å². The van der Waals surface area contributed by atoms with Gasteiger partial charge in [-0.2, -0.15) is 0 Å². The predicted molar refractivity (Wildman–Crippen MR) is 116 cm³/mol. The molecule has 0 amide bonds. The summed E-state index contributed by atoms with van der Waals surface area (Å²) in [6.07, 6.45) is 2.08. The number of aryl methyl sites for hydroxylation is 1. The summed E-state index contributed by atoms with van der Waals surface area (Å²) in [5, 5.41) is 0.152. The summed E-state index contributed by atoms with van der Waals surface area (Å²) in [7, 11) is 1.75. The van der Waals surface area contributed by atoms with Crippen molar-refractivity contribution in [3.8, 4) is 0 Å². The highest BCUT2D eigenvalue weighted by Gasteiger charge is 2.56. The van der Waals surface area contributed by atoms with Gasteiger partial charge in [0.2, 0.25) is 0 Å². The fourth-order valence-corrected chi connectivity index (χ4v) is 6.12. The number of nitrogens with zero attached hydrogens (tertiary/aromatic N) is 1. The number of likely N-dealkylation sites (N-methyl/N-ethyl adjacent to an activating group) is 1. The first-order valence-electron chi connectivity index (χ1n) is 10.5. The van der Waals surface area contributed by atoms with E-state index in [1.54, 1.807) is 0 Å². The standard InChI is InChI=1S/C23H37NO3Si/c1-15-9-11-16(12-10-15)18-13-17-14-19(27-28(7,8)23(2,3)4)21(24(17)5)20(18)22(25)26-6/h9-12,17-21H,13-14H2,1-8H3/t17-,18+,19+,20+,21-/m1/s1. The van der Waals surface area contributed by atoms with Gasteiger partial charge in [-0.15, -0.1) is 0 Å². The van der Waals surface area contributed by atoms with E-state index >= 15 is 0 Å². The van der Waals surface area contributed by atoms with E-state index in [9.17, 15) is 4.79 Å². The van der Waals surface area contributed by atoms with Crippen LogP contribution in [0, 0.1) is 12.8 Å². The molecule has 4 nitrogen and oxygen atoms in total. The van der Waals surface area contributed by atoms with Crippen molar-refractivity contribution in [3.05, 3.63) is 35.4 Å². The van der Waals surface area contributed by atoms with Crippen molar-refractivity contribution in [2.24, 2.45) is 5.92 Å². The zero-order valence-corrected chi connectivity index (χ0v) is 19.8. The highest BCUT2D eigenvalue weighted by Crippen LogP contribution is 2.49. The van der Waals surface area contributed by atoms with Crippen molar-refractivity contribution < 1.29 is 14.0 Å². The molecule has 0 saturated carbocycles. The van der Waals surface area contributed by atoms with Crippen molar-refractivity contribution in [3.63, 3.8) is 0 Å². The molecule has 3 rings (SSSR count). The zero-order valence-electron chi connectivity index (χ0n) is 18.8. The Bertz CT molecular complexity index is 710. The van der Waals surface area contributed by atoms with Crippen LogP contribution in [0.4, 0.5) is 0 Å². The number of esters is 1. The number of carbonyl (C=O) groups excluding carboxylic acids is 1. The number of carbonyl (C=O) groups is 1. The molecule has 0 unspecified atom stereocenters. The van der Waals surface area contributed by atoms with Crippen LogP contribution < -0.4 is 0 Å². The van der Waals surface area contributed by atoms with E-state index in [1.807, 2.05) is 0 Å². The molecule has 1 aromatic rings. The van der Waals surface area contributed by atoms with Crippen LogP contribution in [0.25, 0.3) is 0 Å². The third kappa shape index (κ3) is 3.81. The summed E-state index contributed by atoms with van der Waals surface area (Å²) in [6.45, 7) is 13.5. The molecule has 1 aromatic carbocycles. The summed E-state index contributed by atoms with van der Waals surface area (Å²) in [6, 6.07) is 9.19. The molecule has 0 spiro atoms. The summed E-state index contributed by atoms with van der Waals surface area (Å²) in [5.74, 6) is -0.106. The Kier molecular flexibility index (Phi) is 5.83. The lowest BCUT2D eigenvalue weighted by Crippen LogP contribution is -2.54. The number of benzene rings is 1. The lowest BCUT2D eigenvalue weighted by atomic mass is 9.76. The molecule has 5 heteroatoms. The second-order valence-electron chi connectivity index (χ2n) is 10.3. The van der Waals surface area contributed by atoms with Crippen LogP contribution in [0.1, 0.15) is 50.7 Å². The molecule has 5 atom stereocenters. The third-order valence-electron chi connectivity index (χ3n) is 7.49. The van der Waals surface area contributed by atoms with Gasteiger partial charge in [0, 0.05) is 18.0 Å². The van der Waals surface area contributed by atoms with Crippen LogP contribution in [0.3, 0.4) is 0 Å². The summed E-state index contributed by atoms with van der Waals surface area (Å²) >= 11 is 0. The van der Waals surface area contributed by atoms with Gasteiger partial charge in [0.05, 0.1) is 19.1 Å². The largest absolute Gasteiger partial charge is 0.469 e. The predicted octanol–water partition coefficient (Wildman–Crippen LogP) is 4.73. The smallest absolute Gasteiger partial charge is 0.310 e. The Labute approximate surface area is 171 Å². The maximum absolute atomic E-state index is 13.0. The second kappa shape index (κ2) is 7.58. The molecule has 0 N–H and O–H groups in total. The first-order valence-corrected chi connectivity index (χ1v) is 13.4. The summed E-state index contributed by atoms with van der Waals surface area (Å²) in [4.78, 5) is 15.4. The Morgan fingerprint density at radius 1 is 1.14 bits per heavy atom. The van der Waals surface area contributed by atoms with E-state index in [-0.39, 0.29) is 35.0 Å². The summed E-state index contributed by atoms with van der Waals surface area (Å²) in [5.41, 5.74) is 2.49. The zero-order chi connectivity index (χ0) is 20.9. The molecule has 2 fully saturated rings. The van der Waals surface area contributed by atoms with Crippen molar-refractivity contribution >= 4 is 14.3 Å². The Morgan fingerprint density at radius 3 is 2.29 bits per heavy atom. The van der Waals surface area contributed by atoms with Crippen LogP contribution >= 0.6 is 0 Å². The minimum absolute atomic E-state index is 0.0756. The topological polar surface area (TPSA) is 38.8 Å². The third-order valence-corrected chi connectivity index (χ3v) is 12.0. The molecule has 2 bridgehead atoms. The number of ether oxygens (including phenoxy) is 1. The normalized spacial score (nSPS) is 31.1. The maximum atomic E-state index is 13.0. The van der Waals surface area contributed by atoms with Crippen LogP contribution in [0.15, 0.2) is 24.3 Å². The number of methoxy groups -OCH3 is 1. The minimum Gasteiger partial charge on any atom is -0.469 e. The number of hydrogen-bond donors (Lipinski definition) is 0.